The number of carboxylic acid groups (broad SMARTS) is 1. The number of carboxylic acids is 1. The first-order valence-corrected chi connectivity index (χ1v) is 8.31. The molecule has 2 atom stereocenters. The van der Waals surface area contributed by atoms with Gasteiger partial charge in [0.25, 0.3) is 0 Å². The summed E-state index contributed by atoms with van der Waals surface area (Å²) in [6.45, 7) is 5.66. The Morgan fingerprint density at radius 1 is 1.35 bits per heavy atom. The molecule has 2 unspecified atom stereocenters. The number of nitrogens with one attached hydrogen (secondary N) is 1. The SMILES string of the molecule is CCc1nnc(NC(C)CS(C)=O)c(C(=O)O)c1CC. The lowest BCUT2D eigenvalue weighted by molar-refractivity contribution is 0.0696. The molecule has 1 aromatic rings. The smallest absolute Gasteiger partial charge is 0.339 e. The molecule has 0 saturated carbocycles. The van der Waals surface area contributed by atoms with Crippen molar-refractivity contribution in [1.82, 2.24) is 10.2 Å². The normalized spacial score (nSPS) is 13.8. The topological polar surface area (TPSA) is 92.2 Å². The lowest BCUT2D eigenvalue weighted by atomic mass is 10.0. The molecule has 0 amide bonds. The average Bonchev–Trinajstić information content (AvgIpc) is 2.36. The molecule has 1 aromatic heterocycles. The van der Waals surface area contributed by atoms with Crippen LogP contribution in [0.2, 0.25) is 0 Å². The van der Waals surface area contributed by atoms with Crippen molar-refractivity contribution in [3.63, 3.8) is 0 Å². The zero-order valence-electron chi connectivity index (χ0n) is 12.3. The van der Waals surface area contributed by atoms with Crippen molar-refractivity contribution in [2.75, 3.05) is 17.3 Å². The van der Waals surface area contributed by atoms with Gasteiger partial charge in [-0.05, 0) is 25.3 Å². The predicted octanol–water partition coefficient (Wildman–Crippen LogP) is 1.48. The van der Waals surface area contributed by atoms with E-state index in [1.807, 2.05) is 20.8 Å². The Balaban J connectivity index is 3.19. The van der Waals surface area contributed by atoms with Gasteiger partial charge in [0, 0.05) is 28.9 Å². The number of aromatic nitrogens is 2. The van der Waals surface area contributed by atoms with E-state index in [4.69, 9.17) is 0 Å². The Hall–Kier alpha value is -1.50. The Kier molecular flexibility index (Phi) is 6.06. The Morgan fingerprint density at radius 3 is 2.45 bits per heavy atom. The standard InChI is InChI=1S/C13H21N3O3S/c1-5-9-10(6-2)15-16-12(11(9)13(17)18)14-8(3)7-20(4)19/h8H,5-7H2,1-4H3,(H,14,16)(H,17,18). The highest BCUT2D eigenvalue weighted by Crippen LogP contribution is 2.21. The van der Waals surface area contributed by atoms with Gasteiger partial charge in [0.15, 0.2) is 5.82 Å². The van der Waals surface area contributed by atoms with E-state index < -0.39 is 16.8 Å². The molecular formula is C13H21N3O3S. The summed E-state index contributed by atoms with van der Waals surface area (Å²) in [6.07, 6.45) is 2.84. The zero-order valence-corrected chi connectivity index (χ0v) is 13.1. The first-order chi connectivity index (χ1) is 9.40. The fraction of sp³-hybridized carbons (Fsp3) is 0.615. The van der Waals surface area contributed by atoms with Gasteiger partial charge in [-0.2, -0.15) is 5.10 Å². The molecule has 20 heavy (non-hydrogen) atoms. The second-order valence-corrected chi connectivity index (χ2v) is 6.13. The molecule has 0 radical (unpaired) electrons. The van der Waals surface area contributed by atoms with Crippen LogP contribution in [0.3, 0.4) is 0 Å². The minimum atomic E-state index is -1.02. The number of nitrogens with zero attached hydrogens (tertiary/aromatic N) is 2. The molecule has 0 aromatic carbocycles. The summed E-state index contributed by atoms with van der Waals surface area (Å²) in [5, 5.41) is 20.5. The van der Waals surface area contributed by atoms with Crippen molar-refractivity contribution in [1.29, 1.82) is 0 Å². The minimum Gasteiger partial charge on any atom is -0.478 e. The molecule has 0 aliphatic rings. The highest BCUT2D eigenvalue weighted by Gasteiger charge is 2.21. The van der Waals surface area contributed by atoms with Gasteiger partial charge in [0.05, 0.1) is 5.69 Å². The molecule has 0 fully saturated rings. The van der Waals surface area contributed by atoms with Crippen LogP contribution in [-0.2, 0) is 23.6 Å². The molecule has 2 N–H and O–H groups in total. The van der Waals surface area contributed by atoms with Crippen LogP contribution in [0.15, 0.2) is 0 Å². The Bertz CT molecular complexity index is 520. The van der Waals surface area contributed by atoms with Gasteiger partial charge in [-0.15, -0.1) is 5.10 Å². The Labute approximate surface area is 121 Å². The van der Waals surface area contributed by atoms with Crippen LogP contribution in [0.5, 0.6) is 0 Å². The van der Waals surface area contributed by atoms with Crippen molar-refractivity contribution < 1.29 is 14.1 Å². The summed E-state index contributed by atoms with van der Waals surface area (Å²) in [7, 11) is -0.958. The van der Waals surface area contributed by atoms with Crippen LogP contribution in [0, 0.1) is 0 Å². The third kappa shape index (κ3) is 4.00. The maximum atomic E-state index is 11.5. The van der Waals surface area contributed by atoms with Crippen LogP contribution < -0.4 is 5.32 Å². The fourth-order valence-corrected chi connectivity index (χ4v) is 2.92. The number of aryl methyl sites for hydroxylation is 1. The zero-order chi connectivity index (χ0) is 15.3. The van der Waals surface area contributed by atoms with Gasteiger partial charge in [0.1, 0.15) is 5.56 Å². The minimum absolute atomic E-state index is 0.134. The number of hydrogen-bond acceptors (Lipinski definition) is 5. The number of aromatic carboxylic acids is 1. The fourth-order valence-electron chi connectivity index (χ4n) is 2.13. The van der Waals surface area contributed by atoms with Gasteiger partial charge in [0.2, 0.25) is 0 Å². The molecule has 0 saturated heterocycles. The van der Waals surface area contributed by atoms with E-state index in [2.05, 4.69) is 15.5 Å². The van der Waals surface area contributed by atoms with Gasteiger partial charge < -0.3 is 10.4 Å². The van der Waals surface area contributed by atoms with Crippen LogP contribution in [0.1, 0.15) is 42.4 Å². The summed E-state index contributed by atoms with van der Waals surface area (Å²) in [5.74, 6) is -0.333. The largest absolute Gasteiger partial charge is 0.478 e. The molecule has 1 heterocycles. The summed E-state index contributed by atoms with van der Waals surface area (Å²) in [4.78, 5) is 11.5. The maximum Gasteiger partial charge on any atom is 0.339 e. The summed E-state index contributed by atoms with van der Waals surface area (Å²) < 4.78 is 11.2. The molecule has 0 aliphatic carbocycles. The van der Waals surface area contributed by atoms with Gasteiger partial charge in [-0.25, -0.2) is 4.79 Å². The average molecular weight is 299 g/mol. The van der Waals surface area contributed by atoms with Crippen LogP contribution in [0.25, 0.3) is 0 Å². The van der Waals surface area contributed by atoms with E-state index in [9.17, 15) is 14.1 Å². The van der Waals surface area contributed by atoms with Gasteiger partial charge in [-0.1, -0.05) is 13.8 Å². The molecule has 112 valence electrons. The molecular weight excluding hydrogens is 278 g/mol. The van der Waals surface area contributed by atoms with E-state index in [1.165, 1.54) is 0 Å². The maximum absolute atomic E-state index is 11.5. The first kappa shape index (κ1) is 16.6. The van der Waals surface area contributed by atoms with E-state index in [-0.39, 0.29) is 17.4 Å². The number of rotatable bonds is 7. The molecule has 0 bridgehead atoms. The van der Waals surface area contributed by atoms with Crippen LogP contribution in [-0.4, -0.2) is 43.5 Å². The lowest BCUT2D eigenvalue weighted by Crippen LogP contribution is -2.25. The molecule has 6 nitrogen and oxygen atoms in total. The van der Waals surface area contributed by atoms with E-state index in [0.29, 0.717) is 29.9 Å². The van der Waals surface area contributed by atoms with Crippen molar-refractivity contribution in [3.8, 4) is 0 Å². The van der Waals surface area contributed by atoms with Crippen molar-refractivity contribution in [3.05, 3.63) is 16.8 Å². The lowest BCUT2D eigenvalue weighted by Gasteiger charge is -2.17. The summed E-state index contributed by atoms with van der Waals surface area (Å²) >= 11 is 0. The molecule has 0 spiro atoms. The molecule has 7 heteroatoms. The third-order valence-corrected chi connectivity index (χ3v) is 3.90. The summed E-state index contributed by atoms with van der Waals surface area (Å²) in [5.41, 5.74) is 1.59. The third-order valence-electron chi connectivity index (χ3n) is 2.93. The van der Waals surface area contributed by atoms with Crippen LogP contribution >= 0.6 is 0 Å². The first-order valence-electron chi connectivity index (χ1n) is 6.58. The highest BCUT2D eigenvalue weighted by molar-refractivity contribution is 7.84. The highest BCUT2D eigenvalue weighted by atomic mass is 32.2. The van der Waals surface area contributed by atoms with Crippen LogP contribution in [0.4, 0.5) is 5.82 Å². The quantitative estimate of drug-likeness (QED) is 0.792. The molecule has 0 aliphatic heterocycles. The second kappa shape index (κ2) is 7.33. The van der Waals surface area contributed by atoms with Crippen molar-refractivity contribution in [2.24, 2.45) is 0 Å². The monoisotopic (exact) mass is 299 g/mol. The van der Waals surface area contributed by atoms with E-state index >= 15 is 0 Å². The predicted molar refractivity (Wildman–Crippen MR) is 79.8 cm³/mol. The van der Waals surface area contributed by atoms with Crippen molar-refractivity contribution in [2.45, 2.75) is 39.7 Å². The van der Waals surface area contributed by atoms with Gasteiger partial charge in [-0.3, -0.25) is 4.21 Å². The van der Waals surface area contributed by atoms with Crippen molar-refractivity contribution >= 4 is 22.6 Å². The molecule has 1 rings (SSSR count). The van der Waals surface area contributed by atoms with E-state index in [0.717, 1.165) is 0 Å². The Morgan fingerprint density at radius 2 is 2.00 bits per heavy atom. The number of anilines is 1. The summed E-state index contributed by atoms with van der Waals surface area (Å²) in [6, 6.07) is -0.134. The number of hydrogen-bond donors (Lipinski definition) is 2. The number of carbonyl (C=O) groups is 1. The van der Waals surface area contributed by atoms with Gasteiger partial charge >= 0.3 is 5.97 Å². The second-order valence-electron chi connectivity index (χ2n) is 4.65. The van der Waals surface area contributed by atoms with E-state index in [1.54, 1.807) is 6.26 Å².